The first-order chi connectivity index (χ1) is 10.5. The Morgan fingerprint density at radius 3 is 1.36 bits per heavy atom. The van der Waals surface area contributed by atoms with Gasteiger partial charge < -0.3 is 11.5 Å². The van der Waals surface area contributed by atoms with E-state index in [9.17, 15) is 9.59 Å². The molecule has 0 saturated carbocycles. The van der Waals surface area contributed by atoms with E-state index in [-0.39, 0.29) is 17.1 Å². The molecule has 22 heavy (non-hydrogen) atoms. The van der Waals surface area contributed by atoms with E-state index >= 15 is 0 Å². The first kappa shape index (κ1) is 27.5. The molecule has 0 aromatic rings. The van der Waals surface area contributed by atoms with Gasteiger partial charge in [0.05, 0.1) is 9.76 Å². The predicted octanol–water partition coefficient (Wildman–Crippen LogP) is 4.69. The molecule has 0 aliphatic heterocycles. The smallest absolute Gasteiger partial charge is 0.228 e. The molecular formula is C15H31Br2IN2O2. The first-order valence-corrected chi connectivity index (χ1v) is 11.5. The van der Waals surface area contributed by atoms with Crippen molar-refractivity contribution in [1.82, 2.24) is 0 Å². The van der Waals surface area contributed by atoms with Gasteiger partial charge in [-0.05, 0) is 6.42 Å². The molecule has 0 aromatic heterocycles. The van der Waals surface area contributed by atoms with Gasteiger partial charge in [-0.2, -0.15) is 0 Å². The number of carbonyl (C=O) groups is 2. The quantitative estimate of drug-likeness (QED) is 0.219. The van der Waals surface area contributed by atoms with Gasteiger partial charge in [-0.25, -0.2) is 0 Å². The minimum atomic E-state index is -0.329. The van der Waals surface area contributed by atoms with Gasteiger partial charge in [0.15, 0.2) is 0 Å². The number of rotatable bonds is 11. The van der Waals surface area contributed by atoms with Crippen LogP contribution in [0, 0.1) is 0 Å². The van der Waals surface area contributed by atoms with Crippen LogP contribution >= 0.6 is 54.5 Å². The Morgan fingerprint density at radius 2 is 1.14 bits per heavy atom. The summed E-state index contributed by atoms with van der Waals surface area (Å²) in [7, 11) is 0. The normalized spacial score (nSPS) is 9.09. The number of halogens is 3. The second-order valence-corrected chi connectivity index (χ2v) is 6.83. The Kier molecular flexibility index (Phi) is 33.1. The molecule has 0 saturated heterocycles. The molecule has 4 N–H and O–H groups in total. The molecule has 134 valence electrons. The van der Waals surface area contributed by atoms with Crippen molar-refractivity contribution >= 4 is 66.3 Å². The van der Waals surface area contributed by atoms with Crippen molar-refractivity contribution < 1.29 is 9.59 Å². The van der Waals surface area contributed by atoms with Crippen LogP contribution in [0.5, 0.6) is 0 Å². The minimum absolute atomic E-state index is 0.257. The molecule has 0 aliphatic rings. The average molecular weight is 558 g/mol. The number of hydrogen-bond acceptors (Lipinski definition) is 2. The fraction of sp³-hybridized carbons (Fsp3) is 0.867. The van der Waals surface area contributed by atoms with E-state index in [1.165, 1.54) is 63.1 Å². The van der Waals surface area contributed by atoms with Gasteiger partial charge in [0.1, 0.15) is 0 Å². The van der Waals surface area contributed by atoms with Crippen LogP contribution in [0.3, 0.4) is 0 Å². The Bertz CT molecular complexity index is 222. The Labute approximate surface area is 166 Å². The molecule has 7 heteroatoms. The molecule has 0 aromatic carbocycles. The number of alkyl halides is 3. The molecule has 0 aliphatic carbocycles. The fourth-order valence-electron chi connectivity index (χ4n) is 1.41. The molecule has 0 fully saturated rings. The topological polar surface area (TPSA) is 86.2 Å². The van der Waals surface area contributed by atoms with Gasteiger partial charge in [0.2, 0.25) is 11.8 Å². The maximum atomic E-state index is 9.58. The van der Waals surface area contributed by atoms with E-state index in [4.69, 9.17) is 0 Å². The second kappa shape index (κ2) is 26.5. The average Bonchev–Trinajstić information content (AvgIpc) is 2.51. The molecule has 0 radical (unpaired) electrons. The molecular weight excluding hydrogens is 527 g/mol. The number of unbranched alkanes of at least 4 members (excludes halogenated alkanes) is 8. The third-order valence-electron chi connectivity index (χ3n) is 2.50. The summed E-state index contributed by atoms with van der Waals surface area (Å²) in [5, 5.41) is 1.44. The molecule has 0 unspecified atom stereocenters. The Hall–Kier alpha value is 0.630. The Balaban J connectivity index is -0.000000298. The highest BCUT2D eigenvalue weighted by atomic mass is 127. The molecule has 0 atom stereocenters. The van der Waals surface area contributed by atoms with E-state index in [1.807, 2.05) is 22.6 Å². The lowest BCUT2D eigenvalue weighted by molar-refractivity contribution is -0.116. The number of nitrogens with two attached hydrogens (primary N) is 2. The lowest BCUT2D eigenvalue weighted by Gasteiger charge is -1.99. The van der Waals surface area contributed by atoms with Gasteiger partial charge in [0.25, 0.3) is 0 Å². The van der Waals surface area contributed by atoms with Crippen molar-refractivity contribution in [2.24, 2.45) is 11.5 Å². The third kappa shape index (κ3) is 42.8. The van der Waals surface area contributed by atoms with Crippen molar-refractivity contribution in [3.8, 4) is 0 Å². The first-order valence-electron chi connectivity index (χ1n) is 7.70. The molecule has 0 spiro atoms. The van der Waals surface area contributed by atoms with Crippen molar-refractivity contribution in [3.63, 3.8) is 0 Å². The van der Waals surface area contributed by atoms with Gasteiger partial charge in [-0.3, -0.25) is 9.59 Å². The van der Waals surface area contributed by atoms with Gasteiger partial charge in [-0.15, -0.1) is 0 Å². The Morgan fingerprint density at radius 1 is 0.818 bits per heavy atom. The van der Waals surface area contributed by atoms with E-state index in [0.717, 1.165) is 0 Å². The molecule has 0 bridgehead atoms. The van der Waals surface area contributed by atoms with Crippen molar-refractivity contribution in [3.05, 3.63) is 0 Å². The van der Waals surface area contributed by atoms with E-state index in [0.29, 0.717) is 4.43 Å². The zero-order chi connectivity index (χ0) is 17.6. The van der Waals surface area contributed by atoms with Crippen LogP contribution in [-0.2, 0) is 9.59 Å². The summed E-state index contributed by atoms with van der Waals surface area (Å²) in [5.41, 5.74) is 9.25. The van der Waals surface area contributed by atoms with Gasteiger partial charge >= 0.3 is 0 Å². The summed E-state index contributed by atoms with van der Waals surface area (Å²) in [5.74, 6) is -0.587. The summed E-state index contributed by atoms with van der Waals surface area (Å²) in [4.78, 5) is 19.1. The highest BCUT2D eigenvalue weighted by Gasteiger charge is 1.90. The summed E-state index contributed by atoms with van der Waals surface area (Å²) in [6, 6.07) is 0. The van der Waals surface area contributed by atoms with E-state index in [2.05, 4.69) is 50.3 Å². The summed E-state index contributed by atoms with van der Waals surface area (Å²) < 4.78 is 0.414. The van der Waals surface area contributed by atoms with Crippen molar-refractivity contribution in [2.75, 3.05) is 15.1 Å². The number of amides is 2. The van der Waals surface area contributed by atoms with Crippen molar-refractivity contribution in [2.45, 2.75) is 64.7 Å². The van der Waals surface area contributed by atoms with Crippen molar-refractivity contribution in [1.29, 1.82) is 0 Å². The van der Waals surface area contributed by atoms with Gasteiger partial charge in [-0.1, -0.05) is 113 Å². The fourth-order valence-corrected chi connectivity index (χ4v) is 1.80. The predicted molar refractivity (Wildman–Crippen MR) is 112 cm³/mol. The summed E-state index contributed by atoms with van der Waals surface area (Å²) >= 11 is 8.19. The van der Waals surface area contributed by atoms with Crippen LogP contribution in [0.4, 0.5) is 0 Å². The molecule has 0 rings (SSSR count). The molecule has 0 heterocycles. The highest BCUT2D eigenvalue weighted by molar-refractivity contribution is 14.1. The number of carbonyl (C=O) groups excluding carboxylic acids is 2. The lowest BCUT2D eigenvalue weighted by Crippen LogP contribution is -2.10. The zero-order valence-electron chi connectivity index (χ0n) is 13.6. The van der Waals surface area contributed by atoms with E-state index in [1.54, 1.807) is 0 Å². The van der Waals surface area contributed by atoms with Crippen LogP contribution < -0.4 is 11.5 Å². The third-order valence-corrected chi connectivity index (χ3v) is 4.37. The summed E-state index contributed by atoms with van der Waals surface area (Å²) in [6.07, 6.45) is 12.8. The van der Waals surface area contributed by atoms with Crippen LogP contribution in [0.2, 0.25) is 0 Å². The van der Waals surface area contributed by atoms with Crippen LogP contribution in [0.15, 0.2) is 0 Å². The SMILES string of the molecule is CCCCCCCCCCCBr.NC(=O)CBr.NC(=O)CI. The van der Waals surface area contributed by atoms with Crippen LogP contribution in [0.1, 0.15) is 64.7 Å². The highest BCUT2D eigenvalue weighted by Crippen LogP contribution is 2.09. The zero-order valence-corrected chi connectivity index (χ0v) is 18.9. The lowest BCUT2D eigenvalue weighted by atomic mass is 10.1. The minimum Gasteiger partial charge on any atom is -0.369 e. The molecule has 4 nitrogen and oxygen atoms in total. The monoisotopic (exact) mass is 556 g/mol. The standard InChI is InChI=1S/C11H23Br.C2H4BrNO.C2H4INO/c1-2-3-4-5-6-7-8-9-10-11-12;2*3-1-2(4)5/h2-11H2,1H3;2*1H2,(H2,4,5). The number of primary amides is 2. The van der Waals surface area contributed by atoms with Gasteiger partial charge in [0, 0.05) is 5.33 Å². The largest absolute Gasteiger partial charge is 0.369 e. The maximum Gasteiger partial charge on any atom is 0.228 e. The van der Waals surface area contributed by atoms with E-state index < -0.39 is 0 Å². The van der Waals surface area contributed by atoms with Crippen LogP contribution in [0.25, 0.3) is 0 Å². The molecule has 2 amide bonds. The second-order valence-electron chi connectivity index (χ2n) is 4.72. The maximum absolute atomic E-state index is 9.58. The van der Waals surface area contributed by atoms with Crippen LogP contribution in [-0.4, -0.2) is 26.9 Å². The summed E-state index contributed by atoms with van der Waals surface area (Å²) in [6.45, 7) is 2.27. The number of hydrogen-bond donors (Lipinski definition) is 2.